The number of carbonyl (C=O) groups is 1. The smallest absolute Gasteiger partial charge is 0.416 e. The van der Waals surface area contributed by atoms with Gasteiger partial charge in [0.05, 0.1) is 0 Å². The molecule has 152 valence electrons. The Kier molecular flexibility index (Phi) is 8.08. The average Bonchev–Trinajstić information content (AvgIpc) is 3.07. The van der Waals surface area contributed by atoms with Crippen LogP contribution in [-0.2, 0) is 4.74 Å². The molecular weight excluding hydrogens is 338 g/mol. The molecule has 1 fully saturated rings. The summed E-state index contributed by atoms with van der Waals surface area (Å²) in [6.07, 6.45) is 8.17. The number of anilines is 1. The predicted molar refractivity (Wildman–Crippen MR) is 111 cm³/mol. The van der Waals surface area contributed by atoms with Gasteiger partial charge >= 0.3 is 6.09 Å². The first-order valence-corrected chi connectivity index (χ1v) is 10.6. The number of aromatic nitrogens is 1. The maximum atomic E-state index is 12.9. The monoisotopic (exact) mass is 375 g/mol. The predicted octanol–water partition coefficient (Wildman–Crippen LogP) is 5.56. The van der Waals surface area contributed by atoms with E-state index in [1.807, 2.05) is 26.8 Å². The van der Waals surface area contributed by atoms with Crippen molar-refractivity contribution in [1.82, 2.24) is 9.88 Å². The van der Waals surface area contributed by atoms with Gasteiger partial charge in [0.15, 0.2) is 0 Å². The van der Waals surface area contributed by atoms with Crippen LogP contribution in [0, 0.1) is 0 Å². The van der Waals surface area contributed by atoms with Crippen LogP contribution in [0.3, 0.4) is 0 Å². The van der Waals surface area contributed by atoms with Crippen molar-refractivity contribution in [2.75, 3.05) is 24.5 Å². The fourth-order valence-corrected chi connectivity index (χ4v) is 3.62. The molecule has 0 bridgehead atoms. The molecule has 2 heterocycles. The third-order valence-electron chi connectivity index (χ3n) is 4.94. The molecule has 2 rings (SSSR count). The summed E-state index contributed by atoms with van der Waals surface area (Å²) in [7, 11) is 0. The number of hydrogen-bond donors (Lipinski definition) is 0. The molecule has 0 saturated carbocycles. The molecular formula is C22H37N3O2. The van der Waals surface area contributed by atoms with Crippen molar-refractivity contribution in [2.45, 2.75) is 84.8 Å². The van der Waals surface area contributed by atoms with Gasteiger partial charge in [-0.25, -0.2) is 9.78 Å². The Morgan fingerprint density at radius 2 is 2.04 bits per heavy atom. The van der Waals surface area contributed by atoms with E-state index in [2.05, 4.69) is 29.8 Å². The molecule has 1 aromatic rings. The highest BCUT2D eigenvalue weighted by molar-refractivity contribution is 5.87. The Labute approximate surface area is 165 Å². The van der Waals surface area contributed by atoms with E-state index in [1.165, 1.54) is 19.3 Å². The summed E-state index contributed by atoms with van der Waals surface area (Å²) in [6.45, 7) is 13.0. The summed E-state index contributed by atoms with van der Waals surface area (Å²) in [5.41, 5.74) is 0.643. The maximum absolute atomic E-state index is 12.9. The highest BCUT2D eigenvalue weighted by Crippen LogP contribution is 2.37. The molecule has 0 aromatic carbocycles. The van der Waals surface area contributed by atoms with Crippen molar-refractivity contribution >= 4 is 11.9 Å². The van der Waals surface area contributed by atoms with Crippen LogP contribution in [0.5, 0.6) is 0 Å². The van der Waals surface area contributed by atoms with Gasteiger partial charge in [0.25, 0.3) is 0 Å². The van der Waals surface area contributed by atoms with Crippen molar-refractivity contribution in [3.05, 3.63) is 23.9 Å². The molecule has 0 aliphatic carbocycles. The second-order valence-electron chi connectivity index (χ2n) is 8.45. The van der Waals surface area contributed by atoms with Crippen LogP contribution in [0.15, 0.2) is 18.3 Å². The van der Waals surface area contributed by atoms with Crippen molar-refractivity contribution in [1.29, 1.82) is 0 Å². The number of amides is 1. The lowest BCUT2D eigenvalue weighted by Gasteiger charge is -2.31. The highest BCUT2D eigenvalue weighted by atomic mass is 16.6. The number of ether oxygens (including phenoxy) is 1. The fraction of sp³-hybridized carbons (Fsp3) is 0.727. The zero-order valence-corrected chi connectivity index (χ0v) is 17.8. The van der Waals surface area contributed by atoms with Crippen LogP contribution >= 0.6 is 0 Å². The molecule has 1 amide bonds. The van der Waals surface area contributed by atoms with Crippen LogP contribution in [-0.4, -0.2) is 41.2 Å². The largest absolute Gasteiger partial charge is 0.443 e. The van der Waals surface area contributed by atoms with Crippen molar-refractivity contribution in [2.24, 2.45) is 0 Å². The SMILES string of the molecule is CCCCN(C(=O)OC(C)(C)C)c1ncccc1[C@@H]1CCCN1CCCC. The third kappa shape index (κ3) is 6.20. The number of carbonyl (C=O) groups excluding carboxylic acids is 1. The highest BCUT2D eigenvalue weighted by Gasteiger charge is 2.32. The zero-order chi connectivity index (χ0) is 19.9. The molecule has 27 heavy (non-hydrogen) atoms. The Balaban J connectivity index is 2.32. The third-order valence-corrected chi connectivity index (χ3v) is 4.94. The molecule has 1 atom stereocenters. The van der Waals surface area contributed by atoms with Crippen molar-refractivity contribution < 1.29 is 9.53 Å². The lowest BCUT2D eigenvalue weighted by molar-refractivity contribution is 0.0578. The van der Waals surface area contributed by atoms with E-state index in [-0.39, 0.29) is 6.09 Å². The molecule has 1 aliphatic heterocycles. The van der Waals surface area contributed by atoms with E-state index in [0.717, 1.165) is 43.7 Å². The topological polar surface area (TPSA) is 45.7 Å². The van der Waals surface area contributed by atoms with Crippen LogP contribution in [0.1, 0.15) is 84.7 Å². The summed E-state index contributed by atoms with van der Waals surface area (Å²) in [6, 6.07) is 4.47. The van der Waals surface area contributed by atoms with Gasteiger partial charge in [0.2, 0.25) is 0 Å². The summed E-state index contributed by atoms with van der Waals surface area (Å²) in [4.78, 5) is 21.9. The number of nitrogens with zero attached hydrogens (tertiary/aromatic N) is 3. The Morgan fingerprint density at radius 1 is 1.30 bits per heavy atom. The minimum absolute atomic E-state index is 0.297. The van der Waals surface area contributed by atoms with Crippen molar-refractivity contribution in [3.8, 4) is 0 Å². The second-order valence-corrected chi connectivity index (χ2v) is 8.45. The quantitative estimate of drug-likeness (QED) is 0.597. The van der Waals surface area contributed by atoms with E-state index < -0.39 is 5.60 Å². The lowest BCUT2D eigenvalue weighted by atomic mass is 10.0. The van der Waals surface area contributed by atoms with Gasteiger partial charge in [-0.15, -0.1) is 0 Å². The van der Waals surface area contributed by atoms with Gasteiger partial charge in [-0.1, -0.05) is 32.8 Å². The van der Waals surface area contributed by atoms with Gasteiger partial charge in [-0.3, -0.25) is 9.80 Å². The van der Waals surface area contributed by atoms with E-state index >= 15 is 0 Å². The number of unbranched alkanes of at least 4 members (excludes halogenated alkanes) is 2. The normalized spacial score (nSPS) is 17.9. The van der Waals surface area contributed by atoms with Crippen LogP contribution in [0.4, 0.5) is 10.6 Å². The summed E-state index contributed by atoms with van der Waals surface area (Å²) in [5, 5.41) is 0. The van der Waals surface area contributed by atoms with E-state index in [4.69, 9.17) is 4.74 Å². The Bertz CT molecular complexity index is 597. The van der Waals surface area contributed by atoms with E-state index in [9.17, 15) is 4.79 Å². The molecule has 1 aromatic heterocycles. The summed E-state index contributed by atoms with van der Waals surface area (Å²) < 4.78 is 5.69. The first-order chi connectivity index (χ1) is 12.9. The minimum Gasteiger partial charge on any atom is -0.443 e. The molecule has 0 spiro atoms. The number of pyridine rings is 1. The Morgan fingerprint density at radius 3 is 2.70 bits per heavy atom. The fourth-order valence-electron chi connectivity index (χ4n) is 3.62. The van der Waals surface area contributed by atoms with Crippen LogP contribution in [0.25, 0.3) is 0 Å². The van der Waals surface area contributed by atoms with Gasteiger partial charge in [-0.05, 0) is 65.6 Å². The molecule has 0 N–H and O–H groups in total. The van der Waals surface area contributed by atoms with E-state index in [1.54, 1.807) is 11.1 Å². The standard InChI is InChI=1S/C22H37N3O2/c1-6-8-15-24-16-11-13-19(24)18-12-10-14-23-20(18)25(17-9-7-2)21(26)27-22(3,4)5/h10,12,14,19H,6-9,11,13,15-17H2,1-5H3/t19-/m0/s1. The lowest BCUT2D eigenvalue weighted by Crippen LogP contribution is -2.39. The van der Waals surface area contributed by atoms with Gasteiger partial charge in [0, 0.05) is 24.3 Å². The van der Waals surface area contributed by atoms with Crippen LogP contribution in [0.2, 0.25) is 0 Å². The number of likely N-dealkylation sites (tertiary alicyclic amines) is 1. The zero-order valence-electron chi connectivity index (χ0n) is 17.8. The van der Waals surface area contributed by atoms with E-state index in [0.29, 0.717) is 12.6 Å². The molecule has 5 nitrogen and oxygen atoms in total. The van der Waals surface area contributed by atoms with Gasteiger partial charge < -0.3 is 4.74 Å². The molecule has 0 unspecified atom stereocenters. The molecule has 0 radical (unpaired) electrons. The first-order valence-electron chi connectivity index (χ1n) is 10.6. The van der Waals surface area contributed by atoms with Gasteiger partial charge in [0.1, 0.15) is 11.4 Å². The second kappa shape index (κ2) is 10.1. The minimum atomic E-state index is -0.517. The summed E-state index contributed by atoms with van der Waals surface area (Å²) in [5.74, 6) is 0.772. The summed E-state index contributed by atoms with van der Waals surface area (Å²) >= 11 is 0. The first kappa shape index (κ1) is 21.7. The molecule has 1 saturated heterocycles. The Hall–Kier alpha value is -1.62. The number of rotatable bonds is 8. The number of hydrogen-bond acceptors (Lipinski definition) is 4. The van der Waals surface area contributed by atoms with Crippen LogP contribution < -0.4 is 4.90 Å². The average molecular weight is 376 g/mol. The molecule has 5 heteroatoms. The van der Waals surface area contributed by atoms with Gasteiger partial charge in [-0.2, -0.15) is 0 Å². The maximum Gasteiger partial charge on any atom is 0.416 e. The van der Waals surface area contributed by atoms with Crippen molar-refractivity contribution in [3.63, 3.8) is 0 Å². The molecule has 1 aliphatic rings.